The summed E-state index contributed by atoms with van der Waals surface area (Å²) in [7, 11) is -4.22. The Kier molecular flexibility index (Phi) is 3.41. The van der Waals surface area contributed by atoms with E-state index >= 15 is 0 Å². The number of oxazole rings is 1. The molecule has 1 aromatic heterocycles. The minimum absolute atomic E-state index is 0.279. The molecule has 1 aromatic carbocycles. The second-order valence-corrected chi connectivity index (χ2v) is 6.12. The lowest BCUT2D eigenvalue weighted by Crippen LogP contribution is -2.37. The van der Waals surface area contributed by atoms with Crippen molar-refractivity contribution in [2.24, 2.45) is 0 Å². The molecule has 1 atom stereocenters. The average molecular weight is 269 g/mol. The van der Waals surface area contributed by atoms with E-state index in [9.17, 15) is 13.0 Å². The van der Waals surface area contributed by atoms with Crippen molar-refractivity contribution in [3.63, 3.8) is 0 Å². The van der Waals surface area contributed by atoms with Crippen molar-refractivity contribution in [1.82, 2.24) is 0 Å². The molecule has 0 saturated carbocycles. The SMILES string of the molecule is Cc1oc2ccccc2[n+]1CCC(C)S(=O)(=O)[O-]. The third-order valence-electron chi connectivity index (χ3n) is 3.05. The van der Waals surface area contributed by atoms with Crippen molar-refractivity contribution in [3.8, 4) is 0 Å². The molecule has 0 spiro atoms. The molecule has 18 heavy (non-hydrogen) atoms. The van der Waals surface area contributed by atoms with Crippen LogP contribution in [0.2, 0.25) is 0 Å². The number of para-hydroxylation sites is 2. The predicted molar refractivity (Wildman–Crippen MR) is 64.9 cm³/mol. The highest BCUT2D eigenvalue weighted by atomic mass is 32.2. The van der Waals surface area contributed by atoms with E-state index in [1.165, 1.54) is 6.92 Å². The van der Waals surface area contributed by atoms with E-state index in [0.29, 0.717) is 12.4 Å². The summed E-state index contributed by atoms with van der Waals surface area (Å²) >= 11 is 0. The molecule has 0 aliphatic carbocycles. The lowest BCUT2D eigenvalue weighted by molar-refractivity contribution is -0.683. The zero-order valence-electron chi connectivity index (χ0n) is 10.3. The molecular formula is C12H15NO4S. The molecule has 1 heterocycles. The van der Waals surface area contributed by atoms with E-state index in [1.807, 2.05) is 35.8 Å². The van der Waals surface area contributed by atoms with Crippen molar-refractivity contribution in [2.75, 3.05) is 0 Å². The first-order valence-electron chi connectivity index (χ1n) is 5.72. The Morgan fingerprint density at radius 1 is 1.39 bits per heavy atom. The highest BCUT2D eigenvalue weighted by molar-refractivity contribution is 7.86. The molecule has 1 unspecified atom stereocenters. The summed E-state index contributed by atoms with van der Waals surface area (Å²) < 4.78 is 40.0. The summed E-state index contributed by atoms with van der Waals surface area (Å²) in [4.78, 5) is 0. The summed E-state index contributed by atoms with van der Waals surface area (Å²) in [6, 6.07) is 7.52. The number of hydrogen-bond acceptors (Lipinski definition) is 4. The van der Waals surface area contributed by atoms with Crippen molar-refractivity contribution >= 4 is 21.2 Å². The molecule has 0 saturated heterocycles. The maximum absolute atomic E-state index is 10.9. The van der Waals surface area contributed by atoms with E-state index in [-0.39, 0.29) is 6.42 Å². The maximum Gasteiger partial charge on any atom is 0.344 e. The Morgan fingerprint density at radius 3 is 2.72 bits per heavy atom. The van der Waals surface area contributed by atoms with Gasteiger partial charge in [-0.15, -0.1) is 0 Å². The van der Waals surface area contributed by atoms with E-state index in [2.05, 4.69) is 0 Å². The Balaban J connectivity index is 2.25. The third kappa shape index (κ3) is 2.54. The molecule has 5 nitrogen and oxygen atoms in total. The number of nitrogens with zero attached hydrogens (tertiary/aromatic N) is 1. The standard InChI is InChI=1S/C12H15NO4S/c1-9(18(14,15)16)7-8-13-10(2)17-12-6-4-3-5-11(12)13/h3-6,9H,7-8H2,1-2H3. The number of hydrogen-bond donors (Lipinski definition) is 0. The summed E-state index contributed by atoms with van der Waals surface area (Å²) in [5.74, 6) is 0.701. The molecule has 0 amide bonds. The van der Waals surface area contributed by atoms with Gasteiger partial charge >= 0.3 is 5.89 Å². The predicted octanol–water partition coefficient (Wildman–Crippen LogP) is 1.35. The summed E-state index contributed by atoms with van der Waals surface area (Å²) in [6.07, 6.45) is 0.279. The molecule has 2 rings (SSSR count). The summed E-state index contributed by atoms with van der Waals surface area (Å²) in [5, 5.41) is -0.891. The van der Waals surface area contributed by atoms with Gasteiger partial charge in [0.1, 0.15) is 0 Å². The quantitative estimate of drug-likeness (QED) is 0.620. The Morgan fingerprint density at radius 2 is 2.06 bits per heavy atom. The van der Waals surface area contributed by atoms with Gasteiger partial charge in [-0.1, -0.05) is 12.1 Å². The normalized spacial score (nSPS) is 13.9. The number of aryl methyl sites for hydroxylation is 2. The van der Waals surface area contributed by atoms with Crippen molar-refractivity contribution in [2.45, 2.75) is 32.1 Å². The van der Waals surface area contributed by atoms with Crippen LogP contribution < -0.4 is 4.57 Å². The van der Waals surface area contributed by atoms with Crippen molar-refractivity contribution < 1.29 is 22.0 Å². The van der Waals surface area contributed by atoms with Gasteiger partial charge in [0.05, 0.1) is 22.3 Å². The largest absolute Gasteiger partial charge is 0.748 e. The summed E-state index contributed by atoms with van der Waals surface area (Å²) in [5.41, 5.74) is 1.66. The Hall–Kier alpha value is -1.40. The second kappa shape index (κ2) is 4.70. The first kappa shape index (κ1) is 13.0. The molecule has 2 aromatic rings. The van der Waals surface area contributed by atoms with Crippen LogP contribution >= 0.6 is 0 Å². The number of rotatable bonds is 4. The fraction of sp³-hybridized carbons (Fsp3) is 0.417. The van der Waals surface area contributed by atoms with E-state index in [1.54, 1.807) is 0 Å². The molecule has 98 valence electrons. The minimum atomic E-state index is -4.22. The van der Waals surface area contributed by atoms with Gasteiger partial charge in [0.15, 0.2) is 6.54 Å². The monoisotopic (exact) mass is 269 g/mol. The molecule has 0 aliphatic heterocycles. The minimum Gasteiger partial charge on any atom is -0.748 e. The Bertz CT molecular complexity index is 660. The van der Waals surface area contributed by atoms with E-state index in [4.69, 9.17) is 4.42 Å². The Labute approximate surface area is 106 Å². The number of aromatic nitrogens is 1. The van der Waals surface area contributed by atoms with Crippen LogP contribution in [0.3, 0.4) is 0 Å². The molecule has 6 heteroatoms. The van der Waals surface area contributed by atoms with Gasteiger partial charge in [0.2, 0.25) is 5.58 Å². The second-order valence-electron chi connectivity index (χ2n) is 4.33. The van der Waals surface area contributed by atoms with Gasteiger partial charge in [-0.3, -0.25) is 0 Å². The van der Waals surface area contributed by atoms with Crippen LogP contribution in [0.1, 0.15) is 19.2 Å². The fourth-order valence-electron chi connectivity index (χ4n) is 1.88. The first-order valence-corrected chi connectivity index (χ1v) is 7.19. The molecule has 0 bridgehead atoms. The van der Waals surface area contributed by atoms with Gasteiger partial charge in [0, 0.05) is 12.5 Å². The smallest absolute Gasteiger partial charge is 0.344 e. The average Bonchev–Trinajstić information content (AvgIpc) is 2.60. The molecule has 0 N–H and O–H groups in total. The molecule has 0 aliphatic rings. The maximum atomic E-state index is 10.9. The van der Waals surface area contributed by atoms with Crippen LogP contribution in [0, 0.1) is 6.92 Å². The van der Waals surface area contributed by atoms with Crippen LogP contribution in [-0.2, 0) is 16.7 Å². The lowest BCUT2D eigenvalue weighted by atomic mass is 10.3. The van der Waals surface area contributed by atoms with Gasteiger partial charge in [-0.05, 0) is 13.0 Å². The van der Waals surface area contributed by atoms with Gasteiger partial charge < -0.3 is 8.97 Å². The molecular weight excluding hydrogens is 254 g/mol. The van der Waals surface area contributed by atoms with Crippen molar-refractivity contribution in [1.29, 1.82) is 0 Å². The summed E-state index contributed by atoms with van der Waals surface area (Å²) in [6.45, 7) is 3.70. The van der Waals surface area contributed by atoms with Gasteiger partial charge in [0.25, 0.3) is 5.52 Å². The highest BCUT2D eigenvalue weighted by Gasteiger charge is 2.20. The van der Waals surface area contributed by atoms with Crippen LogP contribution in [0.25, 0.3) is 11.1 Å². The zero-order chi connectivity index (χ0) is 13.3. The van der Waals surface area contributed by atoms with Crippen LogP contribution in [0.15, 0.2) is 28.7 Å². The van der Waals surface area contributed by atoms with E-state index < -0.39 is 15.4 Å². The third-order valence-corrected chi connectivity index (χ3v) is 4.27. The van der Waals surface area contributed by atoms with Crippen molar-refractivity contribution in [3.05, 3.63) is 30.2 Å². The molecule has 0 radical (unpaired) electrons. The van der Waals surface area contributed by atoms with Crippen LogP contribution in [0.5, 0.6) is 0 Å². The first-order chi connectivity index (χ1) is 8.39. The van der Waals surface area contributed by atoms with Gasteiger partial charge in [-0.25, -0.2) is 8.42 Å². The molecule has 0 fully saturated rings. The van der Waals surface area contributed by atoms with Crippen LogP contribution in [0.4, 0.5) is 0 Å². The van der Waals surface area contributed by atoms with Crippen LogP contribution in [-0.4, -0.2) is 18.2 Å². The fourth-order valence-corrected chi connectivity index (χ4v) is 2.28. The zero-order valence-corrected chi connectivity index (χ0v) is 11.1. The van der Waals surface area contributed by atoms with Gasteiger partial charge in [-0.2, -0.15) is 4.57 Å². The topological polar surface area (TPSA) is 74.2 Å². The highest BCUT2D eigenvalue weighted by Crippen LogP contribution is 2.13. The number of fused-ring (bicyclic) bond motifs is 1. The lowest BCUT2D eigenvalue weighted by Gasteiger charge is -2.13. The number of benzene rings is 1. The van der Waals surface area contributed by atoms with E-state index in [0.717, 1.165) is 11.1 Å².